The van der Waals surface area contributed by atoms with E-state index in [1.165, 1.54) is 76.9 Å². The van der Waals surface area contributed by atoms with Crippen LogP contribution in [0.4, 0.5) is 0 Å². The first-order valence-electron chi connectivity index (χ1n) is 23.7. The first-order chi connectivity index (χ1) is 32.2. The molecule has 0 bridgehead atoms. The van der Waals surface area contributed by atoms with Gasteiger partial charge in [0.15, 0.2) is 0 Å². The lowest BCUT2D eigenvalue weighted by Gasteiger charge is -2.32. The summed E-state index contributed by atoms with van der Waals surface area (Å²) in [4.78, 5) is 0. The van der Waals surface area contributed by atoms with Gasteiger partial charge in [0.05, 0.1) is 11.0 Å². The monoisotopic (exact) mass is 851 g/mol. The number of nitrogens with zero attached hydrogens (tertiary/aromatic N) is 1. The maximum atomic E-state index is 7.12. The molecule has 66 heavy (non-hydrogen) atoms. The molecule has 0 spiro atoms. The summed E-state index contributed by atoms with van der Waals surface area (Å²) in [6.45, 7) is 14.0. The van der Waals surface area contributed by atoms with E-state index in [0.29, 0.717) is 17.8 Å². The smallest absolute Gasteiger partial charge is 0.251 e. The molecule has 0 aliphatic carbocycles. The van der Waals surface area contributed by atoms with Crippen molar-refractivity contribution in [2.45, 2.75) is 59.3 Å². The van der Waals surface area contributed by atoms with Gasteiger partial charge in [0, 0.05) is 22.5 Å². The molecule has 0 unspecified atom stereocenters. The third kappa shape index (κ3) is 7.15. The SMILES string of the molecule is CC(C)c1cc(C(C)C)c(B2c3ccccc3Oc3cc(-n4c5ccc(-c6ccccc6)cc5c5ccccc5c5ccccc5c5cc(-c6ccccc6)ccc54)ccc32)c(C(C)C)c1. The topological polar surface area (TPSA) is 14.2 Å². The quantitative estimate of drug-likeness (QED) is 0.146. The Morgan fingerprint density at radius 3 is 1.32 bits per heavy atom. The molecule has 2 heterocycles. The molecule has 1 aromatic heterocycles. The van der Waals surface area contributed by atoms with Crippen LogP contribution in [0.25, 0.3) is 71.3 Å². The van der Waals surface area contributed by atoms with Gasteiger partial charge in [-0.1, -0.05) is 205 Å². The molecular formula is C63H54BNO. The largest absolute Gasteiger partial charge is 0.458 e. The Bertz CT molecular complexity index is 3370. The van der Waals surface area contributed by atoms with Gasteiger partial charge in [-0.25, -0.2) is 0 Å². The number of hydrogen-bond donors (Lipinski definition) is 0. The fraction of sp³-hybridized carbons (Fsp3) is 0.143. The van der Waals surface area contributed by atoms with Crippen molar-refractivity contribution in [3.63, 3.8) is 0 Å². The summed E-state index contributed by atoms with van der Waals surface area (Å²) < 4.78 is 9.61. The van der Waals surface area contributed by atoms with E-state index in [9.17, 15) is 0 Å². The van der Waals surface area contributed by atoms with Crippen molar-refractivity contribution < 1.29 is 4.74 Å². The molecule has 11 rings (SSSR count). The van der Waals surface area contributed by atoms with Crippen molar-refractivity contribution in [3.05, 3.63) is 217 Å². The predicted octanol–water partition coefficient (Wildman–Crippen LogP) is 15.5. The average molecular weight is 852 g/mol. The number of para-hydroxylation sites is 1. The number of fused-ring (bicyclic) bond motifs is 9. The zero-order chi connectivity index (χ0) is 45.1. The maximum Gasteiger partial charge on any atom is 0.251 e. The lowest BCUT2D eigenvalue weighted by molar-refractivity contribution is 0.487. The van der Waals surface area contributed by atoms with Gasteiger partial charge in [0.25, 0.3) is 6.71 Å². The Morgan fingerprint density at radius 2 is 0.818 bits per heavy atom. The van der Waals surface area contributed by atoms with Crippen LogP contribution in [0, 0.1) is 0 Å². The highest BCUT2D eigenvalue weighted by Gasteiger charge is 2.36. The Morgan fingerprint density at radius 1 is 0.364 bits per heavy atom. The molecule has 0 N–H and O–H groups in total. The van der Waals surface area contributed by atoms with Crippen LogP contribution in [-0.2, 0) is 0 Å². The van der Waals surface area contributed by atoms with E-state index in [0.717, 1.165) is 39.0 Å². The van der Waals surface area contributed by atoms with Crippen molar-refractivity contribution in [1.29, 1.82) is 0 Å². The van der Waals surface area contributed by atoms with Crippen LogP contribution in [-0.4, -0.2) is 11.3 Å². The average Bonchev–Trinajstić information content (AvgIpc) is 3.39. The van der Waals surface area contributed by atoms with Crippen LogP contribution >= 0.6 is 0 Å². The normalized spacial score (nSPS) is 12.3. The van der Waals surface area contributed by atoms with E-state index < -0.39 is 0 Å². The van der Waals surface area contributed by atoms with Crippen LogP contribution in [0.15, 0.2) is 200 Å². The molecule has 1 aliphatic rings. The Balaban J connectivity index is 1.28. The van der Waals surface area contributed by atoms with E-state index in [2.05, 4.69) is 246 Å². The van der Waals surface area contributed by atoms with Gasteiger partial charge < -0.3 is 9.30 Å². The highest BCUT2D eigenvalue weighted by atomic mass is 16.5. The summed E-state index contributed by atoms with van der Waals surface area (Å²) in [5, 5.41) is 7.12. The second-order valence-corrected chi connectivity index (χ2v) is 19.0. The summed E-state index contributed by atoms with van der Waals surface area (Å²) in [6.07, 6.45) is 0. The molecule has 9 aromatic carbocycles. The van der Waals surface area contributed by atoms with Gasteiger partial charge in [-0.2, -0.15) is 0 Å². The number of aromatic nitrogens is 1. The first kappa shape index (κ1) is 41.4. The Hall–Kier alpha value is -7.36. The molecule has 0 saturated carbocycles. The Labute approximate surface area is 389 Å². The zero-order valence-corrected chi connectivity index (χ0v) is 38.7. The minimum Gasteiger partial charge on any atom is -0.458 e. The van der Waals surface area contributed by atoms with E-state index in [1.54, 1.807) is 0 Å². The molecule has 0 amide bonds. The molecule has 3 heteroatoms. The number of benzene rings is 9. The summed E-state index contributed by atoms with van der Waals surface area (Å²) in [7, 11) is 0. The molecule has 2 nitrogen and oxygen atoms in total. The fourth-order valence-corrected chi connectivity index (χ4v) is 10.6. The number of ether oxygens (including phenoxy) is 1. The molecule has 0 radical (unpaired) electrons. The van der Waals surface area contributed by atoms with Gasteiger partial charge in [-0.15, -0.1) is 0 Å². The van der Waals surface area contributed by atoms with Crippen LogP contribution in [0.1, 0.15) is 76.0 Å². The number of rotatable bonds is 7. The Kier molecular flexibility index (Phi) is 10.6. The van der Waals surface area contributed by atoms with E-state index in [1.807, 2.05) is 0 Å². The number of hydrogen-bond acceptors (Lipinski definition) is 1. The highest BCUT2D eigenvalue weighted by molar-refractivity contribution is 6.97. The highest BCUT2D eigenvalue weighted by Crippen LogP contribution is 2.39. The van der Waals surface area contributed by atoms with Gasteiger partial charge in [-0.3, -0.25) is 0 Å². The van der Waals surface area contributed by atoms with Gasteiger partial charge in [-0.05, 0) is 126 Å². The second kappa shape index (κ2) is 16.9. The zero-order valence-electron chi connectivity index (χ0n) is 38.7. The molecule has 0 fully saturated rings. The fourth-order valence-electron chi connectivity index (χ4n) is 10.6. The predicted molar refractivity (Wildman–Crippen MR) is 284 cm³/mol. The van der Waals surface area contributed by atoms with Crippen molar-refractivity contribution in [2.75, 3.05) is 0 Å². The van der Waals surface area contributed by atoms with E-state index in [4.69, 9.17) is 4.74 Å². The van der Waals surface area contributed by atoms with Crippen molar-refractivity contribution in [2.24, 2.45) is 0 Å². The molecule has 320 valence electrons. The van der Waals surface area contributed by atoms with Crippen LogP contribution in [0.3, 0.4) is 0 Å². The summed E-state index contributed by atoms with van der Waals surface area (Å²) in [5.41, 5.74) is 16.0. The van der Waals surface area contributed by atoms with Crippen LogP contribution in [0.2, 0.25) is 0 Å². The van der Waals surface area contributed by atoms with Gasteiger partial charge in [0.2, 0.25) is 0 Å². The standard InChI is InChI=1S/C63H54BNO/c1-40(2)47-37-53(41(3)4)63(54(38-47)42(5)6)64-57-27-17-18-28-61(57)66-62-39-48(31-32-58(62)64)65-59-33-29-45(43-19-9-7-10-20-43)35-55(59)51-25-15-13-23-49(51)50-24-14-16-26-52(50)56-36-46(30-34-60(56)65)44-21-11-8-12-22-44/h7-42H,1-6H3. The van der Waals surface area contributed by atoms with E-state index >= 15 is 0 Å². The van der Waals surface area contributed by atoms with Gasteiger partial charge >= 0.3 is 0 Å². The molecule has 10 aromatic rings. The summed E-state index contributed by atoms with van der Waals surface area (Å²) in [5.74, 6) is 2.93. The lowest BCUT2D eigenvalue weighted by Crippen LogP contribution is -2.57. The van der Waals surface area contributed by atoms with Crippen molar-refractivity contribution in [3.8, 4) is 39.4 Å². The third-order valence-electron chi connectivity index (χ3n) is 13.9. The lowest BCUT2D eigenvalue weighted by atomic mass is 9.34. The van der Waals surface area contributed by atoms with Crippen LogP contribution < -0.4 is 21.1 Å². The second-order valence-electron chi connectivity index (χ2n) is 19.0. The molecular weight excluding hydrogens is 798 g/mol. The summed E-state index contributed by atoms with van der Waals surface area (Å²) in [6, 6.07) is 74.1. The minimum atomic E-state index is 0.00531. The van der Waals surface area contributed by atoms with Crippen molar-refractivity contribution >= 4 is 66.5 Å². The van der Waals surface area contributed by atoms with Crippen molar-refractivity contribution in [1.82, 2.24) is 4.57 Å². The van der Waals surface area contributed by atoms with E-state index in [-0.39, 0.29) is 6.71 Å². The third-order valence-corrected chi connectivity index (χ3v) is 13.9. The van der Waals surface area contributed by atoms with Gasteiger partial charge in [0.1, 0.15) is 11.5 Å². The molecule has 1 aliphatic heterocycles. The maximum absolute atomic E-state index is 7.12. The molecule has 0 saturated heterocycles. The first-order valence-corrected chi connectivity index (χ1v) is 23.7. The minimum absolute atomic E-state index is 0.00531. The van der Waals surface area contributed by atoms with Crippen LogP contribution in [0.5, 0.6) is 11.5 Å². The molecule has 0 atom stereocenters. The summed E-state index contributed by atoms with van der Waals surface area (Å²) >= 11 is 0.